The largest absolute Gasteiger partial charge is 0.492 e. The van der Waals surface area contributed by atoms with E-state index in [-0.39, 0.29) is 45.7 Å². The number of nitrogens with two attached hydrogens (primary N) is 3. The molecule has 1 heterocycles. The molecular weight excluding hydrogens is 748 g/mol. The first kappa shape index (κ1) is 44.8. The van der Waals surface area contributed by atoms with Gasteiger partial charge in [-0.3, -0.25) is 28.8 Å². The molecule has 11 N–H and O–H groups in total. The van der Waals surface area contributed by atoms with E-state index in [1.165, 1.54) is 25.8 Å². The summed E-state index contributed by atoms with van der Waals surface area (Å²) in [6.07, 6.45) is -0.0105. The molecule has 0 saturated heterocycles. The monoisotopic (exact) mass is 802 g/mol. The van der Waals surface area contributed by atoms with Gasteiger partial charge < -0.3 is 57.9 Å². The molecule has 0 aliphatic carbocycles. The number of Topliss-reactive ketones (excluding diaryl/α,β-unsaturated/α-hetero) is 1. The highest BCUT2D eigenvalue weighted by Crippen LogP contribution is 2.40. The standard InChI is InChI=1S/C41H54N8O9/c1-23-7-5-6-8-28(23)38(53)47-31(13-14-42)41(56)49(4)36-27-10-12-35(58-18-16-44)30(21-27)29-19-26(9-11-34(29)57-17-15-43)20-32(39(54)45-24(2)33(51)22-50)48-37(52)25(3)46-40(36)55/h5-12,19,21,24-25,31-32,36,50H,13-18,20,22,42-44H2,1-4H3,(H,45,54)(H,46,55)(H,47,53)(H,48,52)/t24-,25-,31-,32-,36-/m0/s1. The lowest BCUT2D eigenvalue weighted by Gasteiger charge is -2.32. The number of fused-ring (bicyclic) bond motifs is 5. The van der Waals surface area contributed by atoms with Crippen LogP contribution in [-0.2, 0) is 30.4 Å². The van der Waals surface area contributed by atoms with Gasteiger partial charge in [0.1, 0.15) is 55.5 Å². The van der Waals surface area contributed by atoms with Crippen LogP contribution < -0.4 is 47.9 Å². The van der Waals surface area contributed by atoms with Gasteiger partial charge in [-0.05, 0) is 80.8 Å². The molecule has 5 atom stereocenters. The molecule has 1 aliphatic heterocycles. The molecule has 4 bridgehead atoms. The molecule has 0 spiro atoms. The Morgan fingerprint density at radius 2 is 1.52 bits per heavy atom. The average Bonchev–Trinajstić information content (AvgIpc) is 3.21. The maximum atomic E-state index is 14.4. The summed E-state index contributed by atoms with van der Waals surface area (Å²) in [7, 11) is 1.41. The number of ketones is 1. The van der Waals surface area contributed by atoms with Crippen LogP contribution in [0.25, 0.3) is 11.1 Å². The average molecular weight is 803 g/mol. The summed E-state index contributed by atoms with van der Waals surface area (Å²) in [4.78, 5) is 82.9. The van der Waals surface area contributed by atoms with Gasteiger partial charge in [0, 0.05) is 43.2 Å². The minimum atomic E-state index is -1.38. The van der Waals surface area contributed by atoms with Gasteiger partial charge in [0.25, 0.3) is 5.91 Å². The molecule has 3 aromatic rings. The van der Waals surface area contributed by atoms with Gasteiger partial charge in [-0.25, -0.2) is 0 Å². The fourth-order valence-corrected chi connectivity index (χ4v) is 6.47. The maximum Gasteiger partial charge on any atom is 0.252 e. The molecule has 58 heavy (non-hydrogen) atoms. The number of carbonyl (C=O) groups is 6. The number of likely N-dealkylation sites (N-methyl/N-ethyl adjacent to an activating group) is 1. The van der Waals surface area contributed by atoms with Crippen LogP contribution in [0.15, 0.2) is 60.7 Å². The number of ether oxygens (including phenoxy) is 2. The van der Waals surface area contributed by atoms with Gasteiger partial charge in [-0.2, -0.15) is 0 Å². The molecule has 17 heteroatoms. The topological polar surface area (TPSA) is 271 Å². The molecule has 3 aromatic carbocycles. The van der Waals surface area contributed by atoms with E-state index in [1.807, 2.05) is 0 Å². The minimum absolute atomic E-state index is 0.0350. The molecule has 0 unspecified atom stereocenters. The van der Waals surface area contributed by atoms with Crippen LogP contribution in [0.3, 0.4) is 0 Å². The van der Waals surface area contributed by atoms with Crippen molar-refractivity contribution in [1.29, 1.82) is 0 Å². The maximum absolute atomic E-state index is 14.4. The Morgan fingerprint density at radius 1 is 0.879 bits per heavy atom. The summed E-state index contributed by atoms with van der Waals surface area (Å²) in [5.41, 5.74) is 20.4. The number of hydrogen-bond donors (Lipinski definition) is 8. The molecule has 312 valence electrons. The molecule has 1 aliphatic rings. The Hall–Kier alpha value is -5.88. The number of amides is 5. The Morgan fingerprint density at radius 3 is 2.14 bits per heavy atom. The molecule has 5 amide bonds. The smallest absolute Gasteiger partial charge is 0.252 e. The second-order valence-electron chi connectivity index (χ2n) is 14.0. The van der Waals surface area contributed by atoms with Crippen molar-refractivity contribution in [3.63, 3.8) is 0 Å². The van der Waals surface area contributed by atoms with Crippen molar-refractivity contribution in [3.05, 3.63) is 82.9 Å². The van der Waals surface area contributed by atoms with E-state index >= 15 is 0 Å². The van der Waals surface area contributed by atoms with Crippen molar-refractivity contribution in [3.8, 4) is 22.6 Å². The van der Waals surface area contributed by atoms with E-state index < -0.39 is 72.1 Å². The van der Waals surface area contributed by atoms with Crippen LogP contribution in [0.5, 0.6) is 11.5 Å². The number of aliphatic hydroxyl groups excluding tert-OH is 1. The third kappa shape index (κ3) is 11.2. The number of aliphatic hydroxyl groups is 1. The van der Waals surface area contributed by atoms with E-state index in [2.05, 4.69) is 21.3 Å². The van der Waals surface area contributed by atoms with Crippen LogP contribution >= 0.6 is 0 Å². The molecule has 0 fully saturated rings. The Balaban J connectivity index is 1.89. The summed E-state index contributed by atoms with van der Waals surface area (Å²) >= 11 is 0. The lowest BCUT2D eigenvalue weighted by molar-refractivity contribution is -0.141. The number of aryl methyl sites for hydroxylation is 1. The van der Waals surface area contributed by atoms with Crippen molar-refractivity contribution in [2.45, 2.75) is 63.8 Å². The summed E-state index contributed by atoms with van der Waals surface area (Å²) in [6.45, 7) is 4.47. The van der Waals surface area contributed by atoms with Crippen LogP contribution in [0.2, 0.25) is 0 Å². The quantitative estimate of drug-likeness (QED) is 0.0920. The van der Waals surface area contributed by atoms with Gasteiger partial charge in [0.05, 0.1) is 6.04 Å². The lowest BCUT2D eigenvalue weighted by atomic mass is 9.93. The number of nitrogens with one attached hydrogen (secondary N) is 4. The van der Waals surface area contributed by atoms with E-state index in [0.717, 1.165) is 0 Å². The van der Waals surface area contributed by atoms with Crippen molar-refractivity contribution < 1.29 is 43.3 Å². The highest BCUT2D eigenvalue weighted by Gasteiger charge is 2.36. The zero-order valence-corrected chi connectivity index (χ0v) is 33.2. The molecule has 4 rings (SSSR count). The first-order valence-electron chi connectivity index (χ1n) is 19.0. The number of carbonyl (C=O) groups excluding carboxylic acids is 6. The molecule has 0 aromatic heterocycles. The Bertz CT molecular complexity index is 1980. The molecular formula is C41H54N8O9. The molecule has 0 saturated carbocycles. The second-order valence-corrected chi connectivity index (χ2v) is 14.0. The first-order chi connectivity index (χ1) is 27.7. The predicted octanol–water partition coefficient (Wildman–Crippen LogP) is -0.404. The number of rotatable bonds is 16. The van der Waals surface area contributed by atoms with E-state index in [4.69, 9.17) is 26.7 Å². The fraction of sp³-hybridized carbons (Fsp3) is 0.415. The van der Waals surface area contributed by atoms with Gasteiger partial charge in [0.15, 0.2) is 5.78 Å². The number of nitrogens with zero attached hydrogens (tertiary/aromatic N) is 1. The lowest BCUT2D eigenvalue weighted by Crippen LogP contribution is -2.57. The van der Waals surface area contributed by atoms with Gasteiger partial charge in [-0.1, -0.05) is 30.3 Å². The highest BCUT2D eigenvalue weighted by atomic mass is 16.5. The van der Waals surface area contributed by atoms with E-state index in [0.29, 0.717) is 44.9 Å². The van der Waals surface area contributed by atoms with Crippen molar-refractivity contribution in [2.75, 3.05) is 46.5 Å². The predicted molar refractivity (Wildman–Crippen MR) is 216 cm³/mol. The number of hydrogen-bond acceptors (Lipinski definition) is 12. The van der Waals surface area contributed by atoms with Crippen LogP contribution in [0.1, 0.15) is 53.4 Å². The molecule has 0 radical (unpaired) electrons. The van der Waals surface area contributed by atoms with Gasteiger partial charge in [0.2, 0.25) is 23.6 Å². The highest BCUT2D eigenvalue weighted by molar-refractivity contribution is 6.00. The zero-order chi connectivity index (χ0) is 42.5. The van der Waals surface area contributed by atoms with Crippen LogP contribution in [-0.4, -0.2) is 116 Å². The summed E-state index contributed by atoms with van der Waals surface area (Å²) in [6, 6.07) is 10.9. The van der Waals surface area contributed by atoms with Gasteiger partial charge in [-0.15, -0.1) is 0 Å². The van der Waals surface area contributed by atoms with Crippen molar-refractivity contribution in [2.24, 2.45) is 17.2 Å². The third-order valence-corrected chi connectivity index (χ3v) is 9.66. The summed E-state index contributed by atoms with van der Waals surface area (Å²) in [5, 5.41) is 20.0. The minimum Gasteiger partial charge on any atom is -0.492 e. The van der Waals surface area contributed by atoms with E-state index in [9.17, 15) is 33.9 Å². The van der Waals surface area contributed by atoms with Crippen LogP contribution in [0, 0.1) is 6.92 Å². The number of benzene rings is 3. The fourth-order valence-electron chi connectivity index (χ4n) is 6.47. The summed E-state index contributed by atoms with van der Waals surface area (Å²) in [5.74, 6) is -3.23. The van der Waals surface area contributed by atoms with Crippen molar-refractivity contribution in [1.82, 2.24) is 26.2 Å². The first-order valence-corrected chi connectivity index (χ1v) is 19.0. The van der Waals surface area contributed by atoms with Crippen LogP contribution in [0.4, 0.5) is 0 Å². The van der Waals surface area contributed by atoms with Crippen molar-refractivity contribution >= 4 is 35.3 Å². The normalized spacial score (nSPS) is 17.7. The Labute approximate surface area is 337 Å². The zero-order valence-electron chi connectivity index (χ0n) is 33.2. The van der Waals surface area contributed by atoms with Gasteiger partial charge >= 0.3 is 0 Å². The Kier molecular flexibility index (Phi) is 16.3. The molecule has 17 nitrogen and oxygen atoms in total. The summed E-state index contributed by atoms with van der Waals surface area (Å²) < 4.78 is 12.1. The van der Waals surface area contributed by atoms with E-state index in [1.54, 1.807) is 67.6 Å². The third-order valence-electron chi connectivity index (χ3n) is 9.66. The second kappa shape index (κ2) is 21.0. The SMILES string of the molecule is Cc1ccccc1C(=O)N[C@@H](CCN)C(=O)N(C)[C@@H]1C(=O)N[C@@H](C)C(=O)N[C@H](C(=O)N[C@@H](C)C(=O)CO)Cc2ccc(OCCN)c(c2)-c2cc1ccc2OCCN.